The quantitative estimate of drug-likeness (QED) is 0.134. The molecule has 1 aromatic heterocycles. The van der Waals surface area contributed by atoms with E-state index in [9.17, 15) is 18.7 Å². The standard InChI is InChI=1S/C32H36F2N2O4/c1-9-39-29(37)27(30(38)40-10-2)26(28-35(31(3,4)5)15-16-36(28)32(6,7)8)25-21-13-11-19(33)17-23(21)24-18-20(34)12-14-22(24)25/h11-18H,9-10H2,1-8H3. The van der Waals surface area contributed by atoms with Crippen LogP contribution < -0.4 is 9.67 Å². The maximum absolute atomic E-state index is 14.5. The Morgan fingerprint density at radius 2 is 1.40 bits per heavy atom. The molecule has 0 aliphatic heterocycles. The van der Waals surface area contributed by atoms with Crippen LogP contribution in [0.3, 0.4) is 0 Å². The molecule has 0 spiro atoms. The Hall–Kier alpha value is -3.94. The molecule has 40 heavy (non-hydrogen) atoms. The average Bonchev–Trinajstić information content (AvgIpc) is 3.43. The van der Waals surface area contributed by atoms with Crippen LogP contribution in [-0.4, -0.2) is 23.8 Å². The lowest BCUT2D eigenvalue weighted by Gasteiger charge is -2.26. The zero-order valence-corrected chi connectivity index (χ0v) is 24.3. The van der Waals surface area contributed by atoms with Gasteiger partial charge in [-0.25, -0.2) is 22.7 Å². The number of carbonyl (C=O) groups is 1. The third kappa shape index (κ3) is 5.15. The van der Waals surface area contributed by atoms with E-state index in [1.54, 1.807) is 26.0 Å². The predicted molar refractivity (Wildman–Crippen MR) is 148 cm³/mol. The molecule has 0 bridgehead atoms. The van der Waals surface area contributed by atoms with Crippen molar-refractivity contribution in [2.75, 3.05) is 13.2 Å². The summed E-state index contributed by atoms with van der Waals surface area (Å²) in [5.41, 5.74) is 1.55. The van der Waals surface area contributed by atoms with Crippen LogP contribution >= 0.6 is 0 Å². The first kappa shape index (κ1) is 29.1. The summed E-state index contributed by atoms with van der Waals surface area (Å²) >= 11 is 0. The fourth-order valence-corrected chi connectivity index (χ4v) is 5.09. The van der Waals surface area contributed by atoms with E-state index in [1.807, 2.05) is 63.1 Å². The third-order valence-electron chi connectivity index (χ3n) is 6.74. The lowest BCUT2D eigenvalue weighted by molar-refractivity contribution is -0.755. The number of halogens is 2. The van der Waals surface area contributed by atoms with Gasteiger partial charge in [0, 0.05) is 5.57 Å². The van der Waals surface area contributed by atoms with Crippen molar-refractivity contribution < 1.29 is 32.7 Å². The van der Waals surface area contributed by atoms with E-state index < -0.39 is 34.6 Å². The van der Waals surface area contributed by atoms with Gasteiger partial charge in [-0.2, -0.15) is 0 Å². The second-order valence-electron chi connectivity index (χ2n) is 11.6. The van der Waals surface area contributed by atoms with Gasteiger partial charge < -0.3 is 14.6 Å². The largest absolute Gasteiger partial charge is 0.613 e. The first-order valence-corrected chi connectivity index (χ1v) is 13.4. The van der Waals surface area contributed by atoms with Gasteiger partial charge >= 0.3 is 5.97 Å². The fraction of sp³-hybridized carbons (Fsp3) is 0.375. The van der Waals surface area contributed by atoms with E-state index in [0.717, 1.165) is 0 Å². The fourth-order valence-electron chi connectivity index (χ4n) is 5.09. The molecule has 3 aromatic rings. The number of benzene rings is 2. The highest BCUT2D eigenvalue weighted by molar-refractivity contribution is 6.19. The molecule has 4 rings (SSSR count). The molecule has 0 saturated carbocycles. The van der Waals surface area contributed by atoms with Crippen molar-refractivity contribution in [3.05, 3.63) is 88.9 Å². The van der Waals surface area contributed by atoms with Crippen molar-refractivity contribution in [1.82, 2.24) is 4.57 Å². The van der Waals surface area contributed by atoms with Gasteiger partial charge in [0.25, 0.3) is 5.82 Å². The third-order valence-corrected chi connectivity index (χ3v) is 6.74. The molecule has 2 aromatic carbocycles. The molecule has 0 radical (unpaired) electrons. The van der Waals surface area contributed by atoms with Crippen LogP contribution in [0.2, 0.25) is 0 Å². The van der Waals surface area contributed by atoms with Crippen LogP contribution in [0.1, 0.15) is 72.3 Å². The topological polar surface area (TPSA) is 67.4 Å². The number of hydrogen-bond donors (Lipinski definition) is 0. The highest BCUT2D eigenvalue weighted by Crippen LogP contribution is 2.50. The van der Waals surface area contributed by atoms with Crippen LogP contribution in [0.4, 0.5) is 8.78 Å². The SMILES string of the molecule is CCOC(=O)/C(C(=C1c2ccc(F)cc2-c2cc(F)ccc21)c1n(C(C)(C)C)cc[n+]1C(C)(C)C)=C(\[O-])OCC. The summed E-state index contributed by atoms with van der Waals surface area (Å²) in [7, 11) is 0. The van der Waals surface area contributed by atoms with Crippen LogP contribution in [0.5, 0.6) is 0 Å². The Morgan fingerprint density at radius 3 is 1.85 bits per heavy atom. The zero-order valence-electron chi connectivity index (χ0n) is 24.3. The Labute approximate surface area is 234 Å². The maximum atomic E-state index is 14.5. The average molecular weight is 551 g/mol. The van der Waals surface area contributed by atoms with Crippen LogP contribution in [-0.2, 0) is 25.3 Å². The summed E-state index contributed by atoms with van der Waals surface area (Å²) < 4.78 is 43.9. The van der Waals surface area contributed by atoms with E-state index in [0.29, 0.717) is 33.7 Å². The summed E-state index contributed by atoms with van der Waals surface area (Å²) in [5.74, 6) is -2.10. The highest BCUT2D eigenvalue weighted by atomic mass is 19.1. The summed E-state index contributed by atoms with van der Waals surface area (Å²) in [6, 6.07) is 8.50. The van der Waals surface area contributed by atoms with E-state index >= 15 is 0 Å². The molecule has 212 valence electrons. The van der Waals surface area contributed by atoms with E-state index in [1.165, 1.54) is 24.3 Å². The normalized spacial score (nSPS) is 13.5. The number of rotatable bonds is 6. The van der Waals surface area contributed by atoms with Crippen molar-refractivity contribution in [1.29, 1.82) is 0 Å². The van der Waals surface area contributed by atoms with Crippen molar-refractivity contribution in [2.24, 2.45) is 0 Å². The molecule has 0 atom stereocenters. The number of aromatic nitrogens is 2. The van der Waals surface area contributed by atoms with Gasteiger partial charge in [-0.05, 0) is 102 Å². The number of esters is 1. The zero-order chi connectivity index (χ0) is 29.6. The molecule has 0 saturated heterocycles. The Morgan fingerprint density at radius 1 is 0.875 bits per heavy atom. The number of ether oxygens (including phenoxy) is 2. The molecule has 0 unspecified atom stereocenters. The smallest absolute Gasteiger partial charge is 0.340 e. The molecule has 0 amide bonds. The van der Waals surface area contributed by atoms with Crippen LogP contribution in [0, 0.1) is 11.6 Å². The molecule has 0 fully saturated rings. The van der Waals surface area contributed by atoms with Crippen molar-refractivity contribution >= 4 is 17.1 Å². The molecule has 1 aliphatic rings. The van der Waals surface area contributed by atoms with Crippen LogP contribution in [0.15, 0.2) is 60.3 Å². The van der Waals surface area contributed by atoms with Gasteiger partial charge in [0.15, 0.2) is 0 Å². The molecular weight excluding hydrogens is 514 g/mol. The molecular formula is C32H36F2N2O4. The van der Waals surface area contributed by atoms with Gasteiger partial charge in [-0.1, -0.05) is 19.1 Å². The number of imidazole rings is 1. The minimum absolute atomic E-state index is 0.0352. The molecule has 8 heteroatoms. The van der Waals surface area contributed by atoms with Gasteiger partial charge in [0.1, 0.15) is 35.1 Å². The number of nitrogens with zero attached hydrogens (tertiary/aromatic N) is 2. The Bertz CT molecular complexity index is 1450. The second kappa shape index (κ2) is 10.6. The minimum Gasteiger partial charge on any atom is -0.613 e. The first-order valence-electron chi connectivity index (χ1n) is 13.4. The van der Waals surface area contributed by atoms with Crippen molar-refractivity contribution in [2.45, 2.75) is 66.5 Å². The van der Waals surface area contributed by atoms with Gasteiger partial charge in [-0.3, -0.25) is 0 Å². The van der Waals surface area contributed by atoms with Gasteiger partial charge in [0.2, 0.25) is 0 Å². The summed E-state index contributed by atoms with van der Waals surface area (Å²) in [5, 5.41) is 13.7. The highest BCUT2D eigenvalue weighted by Gasteiger charge is 2.41. The molecule has 1 aliphatic carbocycles. The van der Waals surface area contributed by atoms with Gasteiger partial charge in [0.05, 0.1) is 23.7 Å². The van der Waals surface area contributed by atoms with E-state index in [2.05, 4.69) is 0 Å². The minimum atomic E-state index is -0.843. The molecule has 1 heterocycles. The number of hydrogen-bond acceptors (Lipinski definition) is 4. The monoisotopic (exact) mass is 550 g/mol. The summed E-state index contributed by atoms with van der Waals surface area (Å²) in [6.07, 6.45) is 3.81. The Balaban J connectivity index is 2.33. The first-order chi connectivity index (χ1) is 18.7. The lowest BCUT2D eigenvalue weighted by atomic mass is 9.90. The lowest BCUT2D eigenvalue weighted by Crippen LogP contribution is -2.53. The maximum Gasteiger partial charge on any atom is 0.340 e. The summed E-state index contributed by atoms with van der Waals surface area (Å²) in [4.78, 5) is 13.7. The Kier molecular flexibility index (Phi) is 7.67. The van der Waals surface area contributed by atoms with Gasteiger partial charge in [-0.15, -0.1) is 0 Å². The van der Waals surface area contributed by atoms with E-state index in [4.69, 9.17) is 9.47 Å². The number of fused-ring (bicyclic) bond motifs is 3. The molecule has 0 N–H and O–H groups in total. The van der Waals surface area contributed by atoms with Crippen molar-refractivity contribution in [3.63, 3.8) is 0 Å². The second-order valence-corrected chi connectivity index (χ2v) is 11.6. The molecule has 6 nitrogen and oxygen atoms in total. The number of carbonyl (C=O) groups excluding carboxylic acids is 1. The van der Waals surface area contributed by atoms with Crippen molar-refractivity contribution in [3.8, 4) is 11.1 Å². The van der Waals surface area contributed by atoms with Crippen LogP contribution in [0.25, 0.3) is 22.3 Å². The summed E-state index contributed by atoms with van der Waals surface area (Å²) in [6.45, 7) is 15.5. The van der Waals surface area contributed by atoms with E-state index in [-0.39, 0.29) is 24.4 Å². The predicted octanol–water partition coefficient (Wildman–Crippen LogP) is 5.67.